The fourth-order valence-electron chi connectivity index (χ4n) is 1.60. The summed E-state index contributed by atoms with van der Waals surface area (Å²) in [6.07, 6.45) is 0. The lowest BCUT2D eigenvalue weighted by atomic mass is 11.8. The fraction of sp³-hybridized carbons (Fsp3) is 1.00. The van der Waals surface area contributed by atoms with Gasteiger partial charge in [0.2, 0.25) is 0 Å². The van der Waals surface area contributed by atoms with Gasteiger partial charge in [0.05, 0.1) is 0 Å². The van der Waals surface area contributed by atoms with E-state index in [-0.39, 0.29) is 0 Å². The normalized spacial score (nSPS) is 42.0. The van der Waals surface area contributed by atoms with Crippen LogP contribution in [0.1, 0.15) is 0 Å². The van der Waals surface area contributed by atoms with Crippen molar-refractivity contribution in [3.63, 3.8) is 0 Å². The van der Waals surface area contributed by atoms with Gasteiger partial charge in [0.1, 0.15) is 0 Å². The highest BCUT2D eigenvalue weighted by Crippen LogP contribution is 2.20. The summed E-state index contributed by atoms with van der Waals surface area (Å²) in [7, 11) is -6.28. The molecule has 15 heavy (non-hydrogen) atoms. The van der Waals surface area contributed by atoms with Crippen LogP contribution in [0.15, 0.2) is 0 Å². The van der Waals surface area contributed by atoms with Crippen molar-refractivity contribution in [2.45, 2.75) is 32.7 Å². The molecular formula is C6H20O5Si4. The molecule has 0 aromatic carbocycles. The Hall–Kier alpha value is 0.668. The zero-order chi connectivity index (χ0) is 11.7. The highest BCUT2D eigenvalue weighted by Gasteiger charge is 2.44. The minimum atomic E-state index is -2.49. The Labute approximate surface area is 97.0 Å². The third kappa shape index (κ3) is 4.20. The molecule has 0 bridgehead atoms. The molecule has 0 aromatic rings. The first-order valence-corrected chi connectivity index (χ1v) is 14.3. The topological polar surface area (TPSA) is 46.2 Å². The molecule has 0 aliphatic carbocycles. The molecule has 0 saturated carbocycles. The van der Waals surface area contributed by atoms with Gasteiger partial charge >= 0.3 is 35.9 Å². The molecule has 90 valence electrons. The second-order valence-electron chi connectivity index (χ2n) is 4.07. The van der Waals surface area contributed by atoms with Crippen molar-refractivity contribution in [3.05, 3.63) is 0 Å². The van der Waals surface area contributed by atoms with Crippen molar-refractivity contribution < 1.29 is 20.9 Å². The third-order valence-electron chi connectivity index (χ3n) is 2.03. The Morgan fingerprint density at radius 1 is 0.867 bits per heavy atom. The van der Waals surface area contributed by atoms with Crippen LogP contribution in [0.5, 0.6) is 0 Å². The second kappa shape index (κ2) is 4.89. The van der Waals surface area contributed by atoms with Crippen LogP contribution in [-0.2, 0) is 20.9 Å². The average molecular weight is 285 g/mol. The van der Waals surface area contributed by atoms with E-state index < -0.39 is 35.9 Å². The van der Waals surface area contributed by atoms with Crippen LogP contribution in [0.25, 0.3) is 0 Å². The van der Waals surface area contributed by atoms with Gasteiger partial charge in [0.25, 0.3) is 0 Å². The molecule has 0 spiro atoms. The molecule has 1 saturated heterocycles. The van der Waals surface area contributed by atoms with Crippen LogP contribution >= 0.6 is 0 Å². The largest absolute Gasteiger partial charge is 0.479 e. The van der Waals surface area contributed by atoms with Gasteiger partial charge in [0.15, 0.2) is 0 Å². The summed E-state index contributed by atoms with van der Waals surface area (Å²) >= 11 is 0. The standard InChI is InChI=1S/C6H20O5Si4/c1-7-15(6)10-12(2)8-14(4,5)9-13(3)11-15/h12-13H,1-6H3. The quantitative estimate of drug-likeness (QED) is 0.663. The molecule has 0 amide bonds. The fourth-order valence-corrected chi connectivity index (χ4v) is 16.3. The van der Waals surface area contributed by atoms with E-state index in [1.54, 1.807) is 7.11 Å². The zero-order valence-corrected chi connectivity index (χ0v) is 14.5. The van der Waals surface area contributed by atoms with Crippen LogP contribution in [0.3, 0.4) is 0 Å². The van der Waals surface area contributed by atoms with Gasteiger partial charge in [0, 0.05) is 13.7 Å². The predicted molar refractivity (Wildman–Crippen MR) is 66.5 cm³/mol. The summed E-state index contributed by atoms with van der Waals surface area (Å²) in [6.45, 7) is 9.94. The summed E-state index contributed by atoms with van der Waals surface area (Å²) in [5, 5.41) is 0. The smallest absolute Gasteiger partial charge is 0.418 e. The molecule has 2 atom stereocenters. The van der Waals surface area contributed by atoms with E-state index in [1.807, 2.05) is 32.7 Å². The summed E-state index contributed by atoms with van der Waals surface area (Å²) in [6, 6.07) is 0. The van der Waals surface area contributed by atoms with Crippen LogP contribution < -0.4 is 0 Å². The van der Waals surface area contributed by atoms with Gasteiger partial charge < -0.3 is 20.9 Å². The molecule has 1 aliphatic rings. The monoisotopic (exact) mass is 284 g/mol. The Morgan fingerprint density at radius 3 is 1.60 bits per heavy atom. The van der Waals surface area contributed by atoms with Gasteiger partial charge in [-0.3, -0.25) is 0 Å². The lowest BCUT2D eigenvalue weighted by Crippen LogP contribution is -2.57. The van der Waals surface area contributed by atoms with Gasteiger partial charge in [-0.1, -0.05) is 0 Å². The Bertz CT molecular complexity index is 210. The van der Waals surface area contributed by atoms with Crippen molar-refractivity contribution in [2.24, 2.45) is 0 Å². The number of rotatable bonds is 1. The first kappa shape index (κ1) is 13.7. The van der Waals surface area contributed by atoms with Crippen molar-refractivity contribution in [1.82, 2.24) is 0 Å². The van der Waals surface area contributed by atoms with Crippen molar-refractivity contribution in [2.75, 3.05) is 7.11 Å². The van der Waals surface area contributed by atoms with Gasteiger partial charge in [-0.05, 0) is 26.2 Å². The maximum absolute atomic E-state index is 5.89. The molecule has 5 nitrogen and oxygen atoms in total. The van der Waals surface area contributed by atoms with Gasteiger partial charge in [-0.15, -0.1) is 0 Å². The molecule has 1 heterocycles. The summed E-state index contributed by atoms with van der Waals surface area (Å²) in [4.78, 5) is 0. The number of hydrogen-bond acceptors (Lipinski definition) is 5. The van der Waals surface area contributed by atoms with E-state index in [2.05, 4.69) is 0 Å². The lowest BCUT2D eigenvalue weighted by molar-refractivity contribution is 0.170. The maximum atomic E-state index is 5.89. The van der Waals surface area contributed by atoms with E-state index in [4.69, 9.17) is 20.9 Å². The van der Waals surface area contributed by atoms with Gasteiger partial charge in [-0.25, -0.2) is 0 Å². The first-order chi connectivity index (χ1) is 6.76. The van der Waals surface area contributed by atoms with Gasteiger partial charge in [-0.2, -0.15) is 0 Å². The zero-order valence-electron chi connectivity index (χ0n) is 10.2. The highest BCUT2D eigenvalue weighted by molar-refractivity contribution is 6.83. The predicted octanol–water partition coefficient (Wildman–Crippen LogP) is 0.684. The van der Waals surface area contributed by atoms with Crippen molar-refractivity contribution in [1.29, 1.82) is 0 Å². The van der Waals surface area contributed by atoms with Crippen LogP contribution in [0, 0.1) is 0 Å². The van der Waals surface area contributed by atoms with Crippen LogP contribution in [0.2, 0.25) is 32.7 Å². The summed E-state index contributed by atoms with van der Waals surface area (Å²) in [5.41, 5.74) is 0. The molecule has 1 aliphatic heterocycles. The second-order valence-corrected chi connectivity index (χ2v) is 15.0. The third-order valence-corrected chi connectivity index (χ3v) is 16.0. The van der Waals surface area contributed by atoms with E-state index in [0.29, 0.717) is 0 Å². The Morgan fingerprint density at radius 2 is 1.27 bits per heavy atom. The molecule has 1 fully saturated rings. The van der Waals surface area contributed by atoms with E-state index >= 15 is 0 Å². The Balaban J connectivity index is 2.75. The SMILES string of the molecule is CO[Si]1(C)O[SiH](C)O[Si](C)(C)O[SiH](C)O1. The van der Waals surface area contributed by atoms with E-state index in [0.717, 1.165) is 0 Å². The van der Waals surface area contributed by atoms with E-state index in [9.17, 15) is 0 Å². The summed E-state index contributed by atoms with van der Waals surface area (Å²) < 4.78 is 28.8. The molecule has 2 unspecified atom stereocenters. The minimum Gasteiger partial charge on any atom is -0.418 e. The number of hydrogen-bond donors (Lipinski definition) is 0. The highest BCUT2D eigenvalue weighted by atomic mass is 28.5. The summed E-state index contributed by atoms with van der Waals surface area (Å²) in [5.74, 6) is 0. The van der Waals surface area contributed by atoms with Crippen LogP contribution in [0.4, 0.5) is 0 Å². The van der Waals surface area contributed by atoms with Crippen molar-refractivity contribution >= 4 is 35.9 Å². The van der Waals surface area contributed by atoms with Crippen molar-refractivity contribution in [3.8, 4) is 0 Å². The molecule has 0 N–H and O–H groups in total. The molecular weight excluding hydrogens is 264 g/mol. The van der Waals surface area contributed by atoms with E-state index in [1.165, 1.54) is 0 Å². The lowest BCUT2D eigenvalue weighted by Gasteiger charge is -2.38. The first-order valence-electron chi connectivity index (χ1n) is 5.03. The average Bonchev–Trinajstić information content (AvgIpc) is 1.98. The Kier molecular flexibility index (Phi) is 4.48. The molecule has 9 heteroatoms. The molecule has 1 rings (SSSR count). The molecule has 0 radical (unpaired) electrons. The minimum absolute atomic E-state index is 1.62. The van der Waals surface area contributed by atoms with Crippen LogP contribution in [-0.4, -0.2) is 43.0 Å². The molecule has 0 aromatic heterocycles. The maximum Gasteiger partial charge on any atom is 0.479 e.